The molecule has 122 valence electrons. The lowest BCUT2D eigenvalue weighted by Crippen LogP contribution is -2.37. The van der Waals surface area contributed by atoms with Crippen LogP contribution in [0.15, 0.2) is 48.8 Å². The molecule has 1 aliphatic rings. The monoisotopic (exact) mass is 321 g/mol. The molecule has 0 aliphatic carbocycles. The summed E-state index contributed by atoms with van der Waals surface area (Å²) in [6.07, 6.45) is 5.55. The quantitative estimate of drug-likeness (QED) is 0.849. The van der Waals surface area contributed by atoms with E-state index >= 15 is 0 Å². The number of hydrogen-bond donors (Lipinski definition) is 0. The molecule has 1 saturated heterocycles. The van der Waals surface area contributed by atoms with Gasteiger partial charge in [0.1, 0.15) is 0 Å². The highest BCUT2D eigenvalue weighted by Crippen LogP contribution is 2.17. The smallest absolute Gasteiger partial charge is 0.254 e. The van der Waals surface area contributed by atoms with Crippen molar-refractivity contribution in [1.29, 1.82) is 5.26 Å². The molecule has 0 radical (unpaired) electrons. The van der Waals surface area contributed by atoms with Gasteiger partial charge in [0.05, 0.1) is 17.7 Å². The number of rotatable bonds is 5. The first kappa shape index (κ1) is 16.2. The predicted molar refractivity (Wildman–Crippen MR) is 89.1 cm³/mol. The molecule has 0 bridgehead atoms. The van der Waals surface area contributed by atoms with E-state index in [0.717, 1.165) is 25.0 Å². The van der Waals surface area contributed by atoms with Gasteiger partial charge in [-0.1, -0.05) is 12.1 Å². The highest BCUT2D eigenvalue weighted by molar-refractivity contribution is 5.94. The molecule has 1 aromatic heterocycles. The first-order valence-electron chi connectivity index (χ1n) is 8.06. The van der Waals surface area contributed by atoms with Crippen molar-refractivity contribution < 1.29 is 9.53 Å². The van der Waals surface area contributed by atoms with Gasteiger partial charge >= 0.3 is 0 Å². The van der Waals surface area contributed by atoms with Crippen molar-refractivity contribution in [2.75, 3.05) is 13.2 Å². The topological polar surface area (TPSA) is 66.2 Å². The Morgan fingerprint density at radius 1 is 1.38 bits per heavy atom. The molecule has 2 aromatic rings. The number of benzene rings is 1. The summed E-state index contributed by atoms with van der Waals surface area (Å²) in [7, 11) is 0. The average molecular weight is 321 g/mol. The van der Waals surface area contributed by atoms with Gasteiger partial charge in [-0.25, -0.2) is 0 Å². The number of amides is 1. The summed E-state index contributed by atoms with van der Waals surface area (Å²) in [4.78, 5) is 18.8. The van der Waals surface area contributed by atoms with E-state index in [9.17, 15) is 4.79 Å². The second-order valence-electron chi connectivity index (χ2n) is 5.87. The zero-order valence-electron chi connectivity index (χ0n) is 13.4. The highest BCUT2D eigenvalue weighted by atomic mass is 16.5. The van der Waals surface area contributed by atoms with Gasteiger partial charge in [-0.2, -0.15) is 5.26 Å². The van der Waals surface area contributed by atoms with E-state index in [1.807, 2.05) is 12.1 Å². The SMILES string of the molecule is N#Cc1cccc(C(=O)N(Cc2cccnc2)C[C@H]2CCCO2)c1. The zero-order chi connectivity index (χ0) is 16.8. The van der Waals surface area contributed by atoms with Crippen LogP contribution in [0.1, 0.15) is 34.3 Å². The molecular weight excluding hydrogens is 302 g/mol. The average Bonchev–Trinajstić information content (AvgIpc) is 3.14. The van der Waals surface area contributed by atoms with Crippen LogP contribution in [0.3, 0.4) is 0 Å². The largest absolute Gasteiger partial charge is 0.376 e. The molecule has 5 nitrogen and oxygen atoms in total. The fourth-order valence-corrected chi connectivity index (χ4v) is 2.87. The summed E-state index contributed by atoms with van der Waals surface area (Å²) in [6, 6.07) is 12.7. The first-order valence-corrected chi connectivity index (χ1v) is 8.06. The molecule has 24 heavy (non-hydrogen) atoms. The van der Waals surface area contributed by atoms with Crippen molar-refractivity contribution >= 4 is 5.91 Å². The molecule has 0 unspecified atom stereocenters. The Labute approximate surface area is 141 Å². The molecule has 1 fully saturated rings. The van der Waals surface area contributed by atoms with E-state index in [0.29, 0.717) is 24.2 Å². The Bertz CT molecular complexity index is 734. The van der Waals surface area contributed by atoms with Crippen molar-refractivity contribution in [3.63, 3.8) is 0 Å². The van der Waals surface area contributed by atoms with Gasteiger partial charge < -0.3 is 9.64 Å². The maximum Gasteiger partial charge on any atom is 0.254 e. The van der Waals surface area contributed by atoms with E-state index in [-0.39, 0.29) is 12.0 Å². The van der Waals surface area contributed by atoms with Crippen LogP contribution in [0.2, 0.25) is 0 Å². The molecule has 0 saturated carbocycles. The second kappa shape index (κ2) is 7.71. The number of pyridine rings is 1. The van der Waals surface area contributed by atoms with Gasteiger partial charge in [-0.3, -0.25) is 9.78 Å². The minimum absolute atomic E-state index is 0.0739. The van der Waals surface area contributed by atoms with Crippen LogP contribution in [0.5, 0.6) is 0 Å². The standard InChI is InChI=1S/C19H19N3O2/c20-11-15-4-1-6-17(10-15)19(23)22(14-18-7-3-9-24-18)13-16-5-2-8-21-12-16/h1-2,4-6,8,10,12,18H,3,7,9,13-14H2/t18-/m1/s1. The van der Waals surface area contributed by atoms with E-state index < -0.39 is 0 Å². The number of hydrogen-bond acceptors (Lipinski definition) is 4. The molecule has 3 rings (SSSR count). The second-order valence-corrected chi connectivity index (χ2v) is 5.87. The van der Waals surface area contributed by atoms with Crippen LogP contribution in [-0.2, 0) is 11.3 Å². The van der Waals surface area contributed by atoms with Crippen molar-refractivity contribution in [3.8, 4) is 6.07 Å². The van der Waals surface area contributed by atoms with Gasteiger partial charge in [0.2, 0.25) is 0 Å². The lowest BCUT2D eigenvalue weighted by atomic mass is 10.1. The Hall–Kier alpha value is -2.71. The van der Waals surface area contributed by atoms with Crippen LogP contribution in [-0.4, -0.2) is 35.0 Å². The number of nitrogens with zero attached hydrogens (tertiary/aromatic N) is 3. The summed E-state index contributed by atoms with van der Waals surface area (Å²) in [6.45, 7) is 1.78. The fraction of sp³-hybridized carbons (Fsp3) is 0.316. The minimum atomic E-state index is -0.0912. The number of nitriles is 1. The van der Waals surface area contributed by atoms with Crippen LogP contribution in [0.25, 0.3) is 0 Å². The first-order chi connectivity index (χ1) is 11.8. The third-order valence-electron chi connectivity index (χ3n) is 4.07. The third kappa shape index (κ3) is 3.98. The zero-order valence-corrected chi connectivity index (χ0v) is 13.4. The van der Waals surface area contributed by atoms with Gasteiger partial charge in [0, 0.05) is 37.7 Å². The lowest BCUT2D eigenvalue weighted by Gasteiger charge is -2.25. The highest BCUT2D eigenvalue weighted by Gasteiger charge is 2.23. The molecule has 2 heterocycles. The molecule has 1 aliphatic heterocycles. The minimum Gasteiger partial charge on any atom is -0.376 e. The third-order valence-corrected chi connectivity index (χ3v) is 4.07. The van der Waals surface area contributed by atoms with Crippen molar-refractivity contribution in [2.45, 2.75) is 25.5 Å². The summed E-state index contributed by atoms with van der Waals surface area (Å²) >= 11 is 0. The summed E-state index contributed by atoms with van der Waals surface area (Å²) < 4.78 is 5.69. The number of aromatic nitrogens is 1. The summed E-state index contributed by atoms with van der Waals surface area (Å²) in [5.74, 6) is -0.0912. The number of carbonyl (C=O) groups is 1. The van der Waals surface area contributed by atoms with Crippen molar-refractivity contribution in [1.82, 2.24) is 9.88 Å². The Kier molecular flexibility index (Phi) is 5.19. The Morgan fingerprint density at radius 3 is 3.00 bits per heavy atom. The van der Waals surface area contributed by atoms with Gasteiger partial charge in [-0.05, 0) is 42.7 Å². The van der Waals surface area contributed by atoms with E-state index in [1.54, 1.807) is 41.6 Å². The molecule has 0 spiro atoms. The van der Waals surface area contributed by atoms with Crippen LogP contribution >= 0.6 is 0 Å². The summed E-state index contributed by atoms with van der Waals surface area (Å²) in [5.41, 5.74) is 1.98. The maximum absolute atomic E-state index is 12.9. The predicted octanol–water partition coefficient (Wildman–Crippen LogP) is 2.77. The number of ether oxygens (including phenoxy) is 1. The molecule has 1 atom stereocenters. The molecule has 5 heteroatoms. The van der Waals surface area contributed by atoms with E-state index in [1.165, 1.54) is 0 Å². The van der Waals surface area contributed by atoms with E-state index in [4.69, 9.17) is 10.00 Å². The van der Waals surface area contributed by atoms with Crippen LogP contribution in [0.4, 0.5) is 0 Å². The summed E-state index contributed by atoms with van der Waals surface area (Å²) in [5, 5.41) is 9.04. The van der Waals surface area contributed by atoms with Gasteiger partial charge in [-0.15, -0.1) is 0 Å². The number of carbonyl (C=O) groups excluding carboxylic acids is 1. The Morgan fingerprint density at radius 2 is 2.29 bits per heavy atom. The van der Waals surface area contributed by atoms with Crippen LogP contribution < -0.4 is 0 Å². The fourth-order valence-electron chi connectivity index (χ4n) is 2.87. The van der Waals surface area contributed by atoms with Crippen LogP contribution in [0, 0.1) is 11.3 Å². The normalized spacial score (nSPS) is 16.5. The van der Waals surface area contributed by atoms with Crippen molar-refractivity contribution in [2.24, 2.45) is 0 Å². The van der Waals surface area contributed by atoms with Gasteiger partial charge in [0.25, 0.3) is 5.91 Å². The van der Waals surface area contributed by atoms with E-state index in [2.05, 4.69) is 11.1 Å². The molecule has 1 aromatic carbocycles. The molecular formula is C19H19N3O2. The maximum atomic E-state index is 12.9. The molecule has 1 amide bonds. The van der Waals surface area contributed by atoms with Gasteiger partial charge in [0.15, 0.2) is 0 Å². The Balaban J connectivity index is 1.81. The lowest BCUT2D eigenvalue weighted by molar-refractivity contribution is 0.0507. The molecule has 0 N–H and O–H groups in total. The van der Waals surface area contributed by atoms with Crippen molar-refractivity contribution in [3.05, 3.63) is 65.5 Å².